The third-order valence-corrected chi connectivity index (χ3v) is 12.4. The molecule has 0 bridgehead atoms. The zero-order valence-corrected chi connectivity index (χ0v) is 33.2. The monoisotopic (exact) mass is 802 g/mol. The van der Waals surface area contributed by atoms with Gasteiger partial charge in [0, 0.05) is 79.5 Å². The van der Waals surface area contributed by atoms with Crippen molar-refractivity contribution in [2.75, 3.05) is 56.5 Å². The second-order valence-electron chi connectivity index (χ2n) is 16.2. The van der Waals surface area contributed by atoms with Gasteiger partial charge in [0.05, 0.1) is 33.5 Å². The lowest BCUT2D eigenvalue weighted by molar-refractivity contribution is -0.136. The Kier molecular flexibility index (Phi) is 10.2. The van der Waals surface area contributed by atoms with Gasteiger partial charge < -0.3 is 15.2 Å². The molecule has 16 heteroatoms. The first-order valence-electron chi connectivity index (χ1n) is 20.5. The number of nitrogens with zero attached hydrogens (tertiary/aromatic N) is 7. The molecule has 0 aliphatic carbocycles. The number of piperidine rings is 1. The lowest BCUT2D eigenvalue weighted by Crippen LogP contribution is -2.54. The Morgan fingerprint density at radius 3 is 2.44 bits per heavy atom. The third kappa shape index (κ3) is 7.35. The highest BCUT2D eigenvalue weighted by molar-refractivity contribution is 6.23. The minimum absolute atomic E-state index is 0.0169. The number of hydrogen-bond acceptors (Lipinski definition) is 10. The Labute approximate surface area is 339 Å². The summed E-state index contributed by atoms with van der Waals surface area (Å²) in [5, 5.41) is 12.0. The fourth-order valence-corrected chi connectivity index (χ4v) is 9.15. The van der Waals surface area contributed by atoms with E-state index in [0.29, 0.717) is 50.1 Å². The number of imide groups is 2. The van der Waals surface area contributed by atoms with Crippen LogP contribution in [0.1, 0.15) is 93.4 Å². The number of unbranched alkanes of at least 4 members (excludes halogenated alkanes) is 2. The Morgan fingerprint density at radius 2 is 1.68 bits per heavy atom. The van der Waals surface area contributed by atoms with Crippen molar-refractivity contribution in [3.63, 3.8) is 0 Å². The molecule has 5 amide bonds. The number of halogens is 1. The summed E-state index contributed by atoms with van der Waals surface area (Å²) in [5.41, 5.74) is 4.75. The van der Waals surface area contributed by atoms with Crippen LogP contribution < -0.4 is 15.5 Å². The van der Waals surface area contributed by atoms with Crippen LogP contribution in [0.25, 0.3) is 21.8 Å². The molecule has 15 nitrogen and oxygen atoms in total. The summed E-state index contributed by atoms with van der Waals surface area (Å²) < 4.78 is 17.4. The van der Waals surface area contributed by atoms with E-state index in [9.17, 15) is 24.0 Å². The number of hydrogen-bond donors (Lipinski definition) is 3. The highest BCUT2D eigenvalue weighted by atomic mass is 19.1. The summed E-state index contributed by atoms with van der Waals surface area (Å²) in [6, 6.07) is 11.5. The zero-order valence-electron chi connectivity index (χ0n) is 33.2. The molecular formula is C43H47FN10O5. The van der Waals surface area contributed by atoms with Gasteiger partial charge in [-0.1, -0.05) is 12.5 Å². The van der Waals surface area contributed by atoms with Gasteiger partial charge in [-0.2, -0.15) is 5.10 Å². The van der Waals surface area contributed by atoms with E-state index in [0.717, 1.165) is 77.2 Å². The molecule has 0 spiro atoms. The number of fused-ring (bicyclic) bond motifs is 3. The predicted molar refractivity (Wildman–Crippen MR) is 219 cm³/mol. The smallest absolute Gasteiger partial charge is 0.262 e. The van der Waals surface area contributed by atoms with Gasteiger partial charge in [-0.05, 0) is 89.5 Å². The van der Waals surface area contributed by atoms with E-state index in [1.807, 2.05) is 40.8 Å². The normalized spacial score (nSPS) is 20.3. The number of rotatable bonds is 11. The maximum Gasteiger partial charge on any atom is 0.262 e. The molecular weight excluding hydrogens is 756 g/mol. The number of aromatic amines is 1. The minimum Gasteiger partial charge on any atom is -0.367 e. The van der Waals surface area contributed by atoms with Crippen molar-refractivity contribution in [2.45, 2.75) is 70.5 Å². The molecule has 1 unspecified atom stereocenters. The van der Waals surface area contributed by atoms with E-state index in [4.69, 9.17) is 5.10 Å². The second-order valence-corrected chi connectivity index (χ2v) is 16.2. The van der Waals surface area contributed by atoms with Gasteiger partial charge in [0.25, 0.3) is 17.7 Å². The van der Waals surface area contributed by atoms with E-state index in [2.05, 4.69) is 43.5 Å². The SMILES string of the molecule is Cc1nn(CCCCCN2CCN(c3cc4c(cc3F)C(=O)N(C3CCC(=O)NC3=O)C4=O)CC2)c2cc(C(=O)Nc3cc4[nH]c([C@H]5CCCN5C)cc4cn3)ccc12. The van der Waals surface area contributed by atoms with Crippen molar-refractivity contribution >= 4 is 62.8 Å². The molecule has 9 rings (SSSR count). The van der Waals surface area contributed by atoms with Crippen LogP contribution in [0.15, 0.2) is 48.7 Å². The van der Waals surface area contributed by atoms with Gasteiger partial charge >= 0.3 is 0 Å². The van der Waals surface area contributed by atoms with Gasteiger partial charge in [-0.15, -0.1) is 0 Å². The van der Waals surface area contributed by atoms with Crippen molar-refractivity contribution in [1.82, 2.24) is 39.8 Å². The van der Waals surface area contributed by atoms with Crippen molar-refractivity contribution in [2.24, 2.45) is 0 Å². The quantitative estimate of drug-likeness (QED) is 0.125. The van der Waals surface area contributed by atoms with Crippen LogP contribution in [0, 0.1) is 12.7 Å². The maximum atomic E-state index is 15.4. The highest BCUT2D eigenvalue weighted by Crippen LogP contribution is 2.34. The van der Waals surface area contributed by atoms with E-state index in [1.165, 1.54) is 18.2 Å². The maximum absolute atomic E-state index is 15.4. The molecule has 7 heterocycles. The molecule has 4 aliphatic heterocycles. The molecule has 4 aliphatic rings. The first-order chi connectivity index (χ1) is 28.5. The van der Waals surface area contributed by atoms with Crippen LogP contribution in [0.3, 0.4) is 0 Å². The number of anilines is 2. The van der Waals surface area contributed by atoms with E-state index in [1.54, 1.807) is 6.20 Å². The fourth-order valence-electron chi connectivity index (χ4n) is 9.15. The number of benzene rings is 2. The molecule has 2 aromatic carbocycles. The number of H-pyrrole nitrogens is 1. The zero-order chi connectivity index (χ0) is 40.9. The van der Waals surface area contributed by atoms with Crippen LogP contribution in [0.4, 0.5) is 15.9 Å². The average molecular weight is 803 g/mol. The fraction of sp³-hybridized carbons (Fsp3) is 0.419. The summed E-state index contributed by atoms with van der Waals surface area (Å²) in [6.45, 7) is 7.21. The molecule has 3 saturated heterocycles. The Bertz CT molecular complexity index is 2520. The Balaban J connectivity index is 0.760. The van der Waals surface area contributed by atoms with Gasteiger partial charge in [0.15, 0.2) is 0 Å². The molecule has 0 saturated carbocycles. The van der Waals surface area contributed by atoms with Crippen LogP contribution in [0.5, 0.6) is 0 Å². The number of piperazine rings is 1. The van der Waals surface area contributed by atoms with Crippen molar-refractivity contribution in [3.8, 4) is 0 Å². The third-order valence-electron chi connectivity index (χ3n) is 12.4. The number of carbonyl (C=O) groups is 5. The molecule has 0 radical (unpaired) electrons. The first kappa shape index (κ1) is 38.5. The molecule has 3 fully saturated rings. The second kappa shape index (κ2) is 15.6. The lowest BCUT2D eigenvalue weighted by atomic mass is 10.0. The number of pyridine rings is 1. The van der Waals surface area contributed by atoms with E-state index < -0.39 is 35.5 Å². The molecule has 306 valence electrons. The predicted octanol–water partition coefficient (Wildman–Crippen LogP) is 4.77. The van der Waals surface area contributed by atoms with Gasteiger partial charge in [0.1, 0.15) is 17.7 Å². The number of nitrogens with one attached hydrogen (secondary N) is 3. The standard InChI is InChI=1S/C43H47FN10O5/c1-25-28-9-8-26(40(56)47-38-23-32-27(24-45-38)19-33(46-32)34-7-6-12-50(34)2)20-36(28)53(49-25)14-5-3-4-13-51-15-17-52(18-16-51)37-22-30-29(21-31(37)44)42(58)54(43(30)59)35-10-11-39(55)48-41(35)57/h8-9,19-24,34-35,46H,3-7,10-18H2,1-2H3,(H,45,47,56)(H,48,55,57)/t34-,35?/m1/s1. The number of aryl methyl sites for hydroxylation is 2. The van der Waals surface area contributed by atoms with Crippen LogP contribution in [-0.4, -0.2) is 116 Å². The van der Waals surface area contributed by atoms with E-state index >= 15 is 4.39 Å². The van der Waals surface area contributed by atoms with Crippen LogP contribution >= 0.6 is 0 Å². The van der Waals surface area contributed by atoms with E-state index in [-0.39, 0.29) is 35.6 Å². The lowest BCUT2D eigenvalue weighted by Gasteiger charge is -2.36. The molecule has 59 heavy (non-hydrogen) atoms. The number of carbonyl (C=O) groups excluding carboxylic acids is 5. The molecule has 3 N–H and O–H groups in total. The topological polar surface area (TPSA) is 169 Å². The minimum atomic E-state index is -1.10. The summed E-state index contributed by atoms with van der Waals surface area (Å²) in [5.74, 6) is -2.85. The first-order valence-corrected chi connectivity index (χ1v) is 20.5. The number of likely N-dealkylation sites (tertiary alicyclic amines) is 1. The molecule has 2 atom stereocenters. The summed E-state index contributed by atoms with van der Waals surface area (Å²) in [4.78, 5) is 79.3. The summed E-state index contributed by atoms with van der Waals surface area (Å²) >= 11 is 0. The highest BCUT2D eigenvalue weighted by Gasteiger charge is 2.45. The molecule has 3 aromatic heterocycles. The molecule has 5 aromatic rings. The Morgan fingerprint density at radius 1 is 0.898 bits per heavy atom. The van der Waals surface area contributed by atoms with Gasteiger partial charge in [-0.3, -0.25) is 48.7 Å². The average Bonchev–Trinajstić information content (AvgIpc) is 3.98. The Hall–Kier alpha value is -6.00. The van der Waals surface area contributed by atoms with Crippen LogP contribution in [-0.2, 0) is 16.1 Å². The van der Waals surface area contributed by atoms with Gasteiger partial charge in [-0.25, -0.2) is 9.37 Å². The largest absolute Gasteiger partial charge is 0.367 e. The summed E-state index contributed by atoms with van der Waals surface area (Å²) in [7, 11) is 2.15. The van der Waals surface area contributed by atoms with Crippen LogP contribution in [0.2, 0.25) is 0 Å². The number of aromatic nitrogens is 4. The van der Waals surface area contributed by atoms with Gasteiger partial charge in [0.2, 0.25) is 11.8 Å². The number of amides is 5. The van der Waals surface area contributed by atoms with Crippen molar-refractivity contribution in [3.05, 3.63) is 82.6 Å². The van der Waals surface area contributed by atoms with Crippen molar-refractivity contribution < 1.29 is 28.4 Å². The van der Waals surface area contributed by atoms with Crippen molar-refractivity contribution in [1.29, 1.82) is 0 Å². The summed E-state index contributed by atoms with van der Waals surface area (Å²) in [6.07, 6.45) is 7.02.